The maximum absolute atomic E-state index is 12.6. The van der Waals surface area contributed by atoms with Crippen LogP contribution in [0.4, 0.5) is 5.69 Å². The predicted octanol–water partition coefficient (Wildman–Crippen LogP) is 1.84. The summed E-state index contributed by atoms with van der Waals surface area (Å²) in [6.45, 7) is 9.16. The zero-order valence-electron chi connectivity index (χ0n) is 15.6. The van der Waals surface area contributed by atoms with Crippen LogP contribution < -0.4 is 5.32 Å². The minimum absolute atomic E-state index is 0.121. The molecule has 1 aliphatic heterocycles. The van der Waals surface area contributed by atoms with Crippen LogP contribution in [0.1, 0.15) is 23.0 Å². The van der Waals surface area contributed by atoms with E-state index in [4.69, 9.17) is 4.74 Å². The van der Waals surface area contributed by atoms with Crippen molar-refractivity contribution in [3.05, 3.63) is 29.5 Å². The van der Waals surface area contributed by atoms with Crippen molar-refractivity contribution in [2.45, 2.75) is 13.8 Å². The van der Waals surface area contributed by atoms with Crippen molar-refractivity contribution in [2.24, 2.45) is 0 Å². The lowest BCUT2D eigenvalue weighted by Crippen LogP contribution is -2.48. The van der Waals surface area contributed by atoms with E-state index >= 15 is 0 Å². The molecule has 0 saturated carbocycles. The van der Waals surface area contributed by atoms with Crippen molar-refractivity contribution in [1.29, 1.82) is 0 Å². The molecule has 26 heavy (non-hydrogen) atoms. The molecule has 1 saturated heterocycles. The number of amides is 1. The molecule has 2 heterocycles. The molecule has 140 valence electrons. The number of nitrogens with one attached hydrogen (secondary N) is 2. The summed E-state index contributed by atoms with van der Waals surface area (Å²) in [4.78, 5) is 32.3. The standard InChI is InChI=1S/C19H26N4O3/c1-4-22-8-10-23(11-9-22)12-15(24)21-17-16-13(2)6-5-7-14(16)20-18(17)19(25)26-3/h5-7,20H,4,8-12H2,1-3H3,(H,21,24). The number of rotatable bonds is 5. The van der Waals surface area contributed by atoms with Gasteiger partial charge in [-0.2, -0.15) is 0 Å². The van der Waals surface area contributed by atoms with E-state index in [9.17, 15) is 9.59 Å². The highest BCUT2D eigenvalue weighted by atomic mass is 16.5. The lowest BCUT2D eigenvalue weighted by Gasteiger charge is -2.33. The number of benzene rings is 1. The molecule has 0 spiro atoms. The summed E-state index contributed by atoms with van der Waals surface area (Å²) >= 11 is 0. The fourth-order valence-corrected chi connectivity index (χ4v) is 3.45. The van der Waals surface area contributed by atoms with Gasteiger partial charge in [-0.3, -0.25) is 9.69 Å². The summed E-state index contributed by atoms with van der Waals surface area (Å²) in [6.07, 6.45) is 0. The number of piperazine rings is 1. The van der Waals surface area contributed by atoms with Crippen molar-refractivity contribution in [2.75, 3.05) is 51.7 Å². The number of ether oxygens (including phenoxy) is 1. The van der Waals surface area contributed by atoms with E-state index < -0.39 is 5.97 Å². The van der Waals surface area contributed by atoms with Gasteiger partial charge in [-0.25, -0.2) is 4.79 Å². The van der Waals surface area contributed by atoms with Gasteiger partial charge in [-0.1, -0.05) is 19.1 Å². The van der Waals surface area contributed by atoms with Crippen LogP contribution in [0.5, 0.6) is 0 Å². The summed E-state index contributed by atoms with van der Waals surface area (Å²) < 4.78 is 4.86. The van der Waals surface area contributed by atoms with E-state index in [2.05, 4.69) is 27.0 Å². The fraction of sp³-hybridized carbons (Fsp3) is 0.474. The number of aryl methyl sites for hydroxylation is 1. The van der Waals surface area contributed by atoms with Gasteiger partial charge in [0.2, 0.25) is 5.91 Å². The number of methoxy groups -OCH3 is 1. The summed E-state index contributed by atoms with van der Waals surface area (Å²) in [7, 11) is 1.33. The average Bonchev–Trinajstić information content (AvgIpc) is 3.01. The van der Waals surface area contributed by atoms with Gasteiger partial charge in [-0.15, -0.1) is 0 Å². The molecule has 2 aromatic rings. The number of aromatic amines is 1. The maximum atomic E-state index is 12.6. The van der Waals surface area contributed by atoms with Crippen LogP contribution in [0.3, 0.4) is 0 Å². The van der Waals surface area contributed by atoms with Gasteiger partial charge in [0.1, 0.15) is 5.69 Å². The largest absolute Gasteiger partial charge is 0.464 e. The smallest absolute Gasteiger partial charge is 0.356 e. The number of aromatic nitrogens is 1. The third kappa shape index (κ3) is 3.73. The van der Waals surface area contributed by atoms with E-state index in [1.54, 1.807) is 0 Å². The van der Waals surface area contributed by atoms with Crippen LogP contribution in [0.15, 0.2) is 18.2 Å². The fourth-order valence-electron chi connectivity index (χ4n) is 3.45. The number of carbonyl (C=O) groups excluding carboxylic acids is 2. The summed E-state index contributed by atoms with van der Waals surface area (Å²) in [6, 6.07) is 5.75. The number of esters is 1. The van der Waals surface area contributed by atoms with E-state index in [0.29, 0.717) is 12.2 Å². The van der Waals surface area contributed by atoms with E-state index in [0.717, 1.165) is 49.2 Å². The van der Waals surface area contributed by atoms with Crippen LogP contribution in [0.2, 0.25) is 0 Å². The Balaban J connectivity index is 1.79. The highest BCUT2D eigenvalue weighted by Gasteiger charge is 2.23. The first-order valence-corrected chi connectivity index (χ1v) is 8.97. The Morgan fingerprint density at radius 2 is 1.88 bits per heavy atom. The van der Waals surface area contributed by atoms with Crippen molar-refractivity contribution >= 4 is 28.5 Å². The van der Waals surface area contributed by atoms with Crippen LogP contribution in [-0.2, 0) is 9.53 Å². The quantitative estimate of drug-likeness (QED) is 0.798. The number of fused-ring (bicyclic) bond motifs is 1. The molecule has 3 rings (SSSR count). The molecule has 7 nitrogen and oxygen atoms in total. The third-order valence-electron chi connectivity index (χ3n) is 4.97. The highest BCUT2D eigenvalue weighted by molar-refractivity contribution is 6.12. The van der Waals surface area contributed by atoms with E-state index in [1.807, 2.05) is 25.1 Å². The minimum atomic E-state index is -0.493. The van der Waals surface area contributed by atoms with Crippen molar-refractivity contribution < 1.29 is 14.3 Å². The molecule has 0 aliphatic carbocycles. The topological polar surface area (TPSA) is 77.7 Å². The zero-order valence-corrected chi connectivity index (χ0v) is 15.6. The molecule has 2 N–H and O–H groups in total. The minimum Gasteiger partial charge on any atom is -0.464 e. The lowest BCUT2D eigenvalue weighted by molar-refractivity contribution is -0.117. The van der Waals surface area contributed by atoms with Crippen LogP contribution in [0, 0.1) is 6.92 Å². The predicted molar refractivity (Wildman–Crippen MR) is 102 cm³/mol. The number of hydrogen-bond acceptors (Lipinski definition) is 5. The normalized spacial score (nSPS) is 16.0. The summed E-state index contributed by atoms with van der Waals surface area (Å²) in [5, 5.41) is 3.78. The van der Waals surface area contributed by atoms with Crippen molar-refractivity contribution in [1.82, 2.24) is 14.8 Å². The van der Waals surface area contributed by atoms with Crippen LogP contribution in [0.25, 0.3) is 10.9 Å². The average molecular weight is 358 g/mol. The first kappa shape index (κ1) is 18.4. The first-order chi connectivity index (χ1) is 12.5. The van der Waals surface area contributed by atoms with Gasteiger partial charge in [0, 0.05) is 37.1 Å². The van der Waals surface area contributed by atoms with Crippen molar-refractivity contribution in [3.8, 4) is 0 Å². The molecule has 0 bridgehead atoms. The highest BCUT2D eigenvalue weighted by Crippen LogP contribution is 2.31. The maximum Gasteiger partial charge on any atom is 0.356 e. The molecule has 0 unspecified atom stereocenters. The Bertz CT molecular complexity index is 806. The Morgan fingerprint density at radius 1 is 1.19 bits per heavy atom. The van der Waals surface area contributed by atoms with Crippen molar-refractivity contribution in [3.63, 3.8) is 0 Å². The summed E-state index contributed by atoms with van der Waals surface area (Å²) in [5.74, 6) is -0.614. The number of H-pyrrole nitrogens is 1. The van der Waals surface area contributed by atoms with Gasteiger partial charge >= 0.3 is 5.97 Å². The molecule has 1 amide bonds. The monoisotopic (exact) mass is 358 g/mol. The number of nitrogens with zero attached hydrogens (tertiary/aromatic N) is 2. The Hall–Kier alpha value is -2.38. The van der Waals surface area contributed by atoms with Crippen LogP contribution >= 0.6 is 0 Å². The molecular weight excluding hydrogens is 332 g/mol. The number of carbonyl (C=O) groups is 2. The molecule has 7 heteroatoms. The van der Waals surface area contributed by atoms with Crippen LogP contribution in [-0.4, -0.2) is 73.0 Å². The molecule has 1 aliphatic rings. The second kappa shape index (κ2) is 7.88. The molecule has 0 radical (unpaired) electrons. The summed E-state index contributed by atoms with van der Waals surface area (Å²) in [5.41, 5.74) is 2.57. The van der Waals surface area contributed by atoms with Gasteiger partial charge < -0.3 is 19.9 Å². The lowest BCUT2D eigenvalue weighted by atomic mass is 10.1. The second-order valence-corrected chi connectivity index (χ2v) is 6.62. The number of anilines is 1. The molecule has 1 aromatic heterocycles. The van der Waals surface area contributed by atoms with E-state index in [-0.39, 0.29) is 11.6 Å². The Morgan fingerprint density at radius 3 is 2.54 bits per heavy atom. The van der Waals surface area contributed by atoms with Gasteiger partial charge in [0.25, 0.3) is 0 Å². The van der Waals surface area contributed by atoms with Gasteiger partial charge in [0.05, 0.1) is 19.3 Å². The second-order valence-electron chi connectivity index (χ2n) is 6.62. The van der Waals surface area contributed by atoms with Gasteiger partial charge in [-0.05, 0) is 25.1 Å². The molecule has 1 aromatic carbocycles. The zero-order chi connectivity index (χ0) is 18.7. The Kier molecular flexibility index (Phi) is 5.58. The van der Waals surface area contributed by atoms with E-state index in [1.165, 1.54) is 7.11 Å². The Labute approximate surface area is 153 Å². The number of likely N-dealkylation sites (N-methyl/N-ethyl adjacent to an activating group) is 1. The SMILES string of the molecule is CCN1CCN(CC(=O)Nc2c(C(=O)OC)[nH]c3cccc(C)c23)CC1. The molecular formula is C19H26N4O3. The van der Waals surface area contributed by atoms with Gasteiger partial charge in [0.15, 0.2) is 0 Å². The number of hydrogen-bond donors (Lipinski definition) is 2. The molecule has 0 atom stereocenters. The first-order valence-electron chi connectivity index (χ1n) is 8.97. The molecule has 1 fully saturated rings. The third-order valence-corrected chi connectivity index (χ3v) is 4.97.